The van der Waals surface area contributed by atoms with Gasteiger partial charge in [-0.15, -0.1) is 0 Å². The van der Waals surface area contributed by atoms with E-state index in [1.165, 1.54) is 0 Å². The van der Waals surface area contributed by atoms with Crippen molar-refractivity contribution in [3.05, 3.63) is 0 Å². The summed E-state index contributed by atoms with van der Waals surface area (Å²) in [5, 5.41) is 0. The second kappa shape index (κ2) is 10.6. The highest BCUT2D eigenvalue weighted by atomic mass is 16.5. The summed E-state index contributed by atoms with van der Waals surface area (Å²) >= 11 is 0. The van der Waals surface area contributed by atoms with Crippen LogP contribution < -0.4 is 0 Å². The lowest BCUT2D eigenvalue weighted by Crippen LogP contribution is -2.39. The fourth-order valence-corrected chi connectivity index (χ4v) is 3.25. The number of rotatable bonds is 9. The summed E-state index contributed by atoms with van der Waals surface area (Å²) < 4.78 is 23.0. The average Bonchev–Trinajstić information content (AvgIpc) is 2.54. The Morgan fingerprint density at radius 2 is 1.87 bits per heavy atom. The van der Waals surface area contributed by atoms with Gasteiger partial charge in [0.2, 0.25) is 0 Å². The van der Waals surface area contributed by atoms with Gasteiger partial charge in [-0.05, 0) is 46.0 Å². The maximum absolute atomic E-state index is 5.99. The largest absolute Gasteiger partial charge is 0.379 e. The van der Waals surface area contributed by atoms with E-state index in [-0.39, 0.29) is 6.10 Å². The van der Waals surface area contributed by atoms with Crippen LogP contribution in [0.1, 0.15) is 40.0 Å². The summed E-state index contributed by atoms with van der Waals surface area (Å²) in [4.78, 5) is 2.41. The van der Waals surface area contributed by atoms with E-state index in [1.807, 2.05) is 0 Å². The predicted octanol–water partition coefficient (Wildman–Crippen LogP) is 2.33. The Balaban J connectivity index is 1.57. The molecule has 23 heavy (non-hydrogen) atoms. The molecular weight excluding hydrogens is 294 g/mol. The average molecular weight is 329 g/mol. The Bertz CT molecular complexity index is 307. The minimum Gasteiger partial charge on any atom is -0.379 e. The third-order valence-electron chi connectivity index (χ3n) is 4.65. The van der Waals surface area contributed by atoms with Crippen LogP contribution in [0.15, 0.2) is 0 Å². The Hall–Kier alpha value is -0.200. The van der Waals surface area contributed by atoms with Gasteiger partial charge in [0.1, 0.15) is 0 Å². The molecule has 3 atom stereocenters. The fourth-order valence-electron chi connectivity index (χ4n) is 3.25. The maximum atomic E-state index is 5.99. The van der Waals surface area contributed by atoms with E-state index < -0.39 is 0 Å². The van der Waals surface area contributed by atoms with Crippen LogP contribution >= 0.6 is 0 Å². The molecule has 0 saturated carbocycles. The highest BCUT2D eigenvalue weighted by Crippen LogP contribution is 2.24. The van der Waals surface area contributed by atoms with E-state index in [9.17, 15) is 0 Å². The molecule has 136 valence electrons. The third-order valence-corrected chi connectivity index (χ3v) is 4.65. The molecule has 2 aliphatic rings. The lowest BCUT2D eigenvalue weighted by Gasteiger charge is -2.32. The number of ether oxygens (including phenoxy) is 4. The molecular formula is C18H35NO4. The van der Waals surface area contributed by atoms with Gasteiger partial charge in [0.15, 0.2) is 0 Å². The lowest BCUT2D eigenvalue weighted by atomic mass is 9.93. The van der Waals surface area contributed by atoms with Crippen LogP contribution in [0, 0.1) is 5.92 Å². The zero-order chi connectivity index (χ0) is 16.5. The zero-order valence-electron chi connectivity index (χ0n) is 15.2. The Kier molecular flexibility index (Phi) is 8.83. The summed E-state index contributed by atoms with van der Waals surface area (Å²) in [6.07, 6.45) is 4.10. The van der Waals surface area contributed by atoms with E-state index in [0.717, 1.165) is 71.9 Å². The van der Waals surface area contributed by atoms with Gasteiger partial charge in [0, 0.05) is 32.8 Å². The molecule has 5 nitrogen and oxygen atoms in total. The summed E-state index contributed by atoms with van der Waals surface area (Å²) in [6.45, 7) is 13.6. The molecule has 0 aromatic rings. The Morgan fingerprint density at radius 3 is 2.61 bits per heavy atom. The van der Waals surface area contributed by atoms with Crippen molar-refractivity contribution in [1.82, 2.24) is 4.90 Å². The van der Waals surface area contributed by atoms with Crippen LogP contribution in [-0.4, -0.2) is 75.9 Å². The van der Waals surface area contributed by atoms with E-state index in [1.54, 1.807) is 0 Å². The summed E-state index contributed by atoms with van der Waals surface area (Å²) in [5.41, 5.74) is 0. The second-order valence-electron chi connectivity index (χ2n) is 7.14. The number of morpholine rings is 1. The highest BCUT2D eigenvalue weighted by Gasteiger charge is 2.24. The maximum Gasteiger partial charge on any atom is 0.0603 e. The number of hydrogen-bond acceptors (Lipinski definition) is 5. The molecule has 2 fully saturated rings. The van der Waals surface area contributed by atoms with Crippen LogP contribution in [0.5, 0.6) is 0 Å². The quantitative estimate of drug-likeness (QED) is 0.649. The zero-order valence-corrected chi connectivity index (χ0v) is 15.2. The summed E-state index contributed by atoms with van der Waals surface area (Å²) in [5.74, 6) is 0.636. The van der Waals surface area contributed by atoms with Gasteiger partial charge in [0.25, 0.3) is 0 Å². The van der Waals surface area contributed by atoms with Crippen molar-refractivity contribution in [3.8, 4) is 0 Å². The van der Waals surface area contributed by atoms with Crippen molar-refractivity contribution >= 4 is 0 Å². The molecule has 2 heterocycles. The first-order chi connectivity index (χ1) is 11.1. The molecule has 3 unspecified atom stereocenters. The molecule has 0 spiro atoms. The molecule has 0 N–H and O–H groups in total. The van der Waals surface area contributed by atoms with Gasteiger partial charge in [-0.3, -0.25) is 4.90 Å². The predicted molar refractivity (Wildman–Crippen MR) is 90.8 cm³/mol. The molecule has 0 aliphatic carbocycles. The molecule has 5 heteroatoms. The molecule has 0 radical (unpaired) electrons. The van der Waals surface area contributed by atoms with Crippen molar-refractivity contribution in [1.29, 1.82) is 0 Å². The molecule has 0 aromatic heterocycles. The van der Waals surface area contributed by atoms with Crippen molar-refractivity contribution in [2.24, 2.45) is 5.92 Å². The fraction of sp³-hybridized carbons (Fsp3) is 1.00. The molecule has 0 bridgehead atoms. The van der Waals surface area contributed by atoms with Gasteiger partial charge < -0.3 is 18.9 Å². The monoisotopic (exact) mass is 329 g/mol. The molecule has 0 amide bonds. The topological polar surface area (TPSA) is 40.2 Å². The van der Waals surface area contributed by atoms with Crippen molar-refractivity contribution in [2.75, 3.05) is 52.7 Å². The molecule has 2 saturated heterocycles. The van der Waals surface area contributed by atoms with E-state index in [2.05, 4.69) is 25.7 Å². The van der Waals surface area contributed by atoms with E-state index >= 15 is 0 Å². The van der Waals surface area contributed by atoms with Crippen LogP contribution in [-0.2, 0) is 18.9 Å². The van der Waals surface area contributed by atoms with Crippen LogP contribution in [0.25, 0.3) is 0 Å². The summed E-state index contributed by atoms with van der Waals surface area (Å²) in [7, 11) is 0. The highest BCUT2D eigenvalue weighted by molar-refractivity contribution is 4.74. The summed E-state index contributed by atoms with van der Waals surface area (Å²) in [6, 6.07) is 0. The van der Waals surface area contributed by atoms with Crippen molar-refractivity contribution in [3.63, 3.8) is 0 Å². The van der Waals surface area contributed by atoms with Crippen LogP contribution in [0.3, 0.4) is 0 Å². The first-order valence-corrected chi connectivity index (χ1v) is 9.28. The first kappa shape index (κ1) is 19.1. The minimum absolute atomic E-state index is 0.255. The van der Waals surface area contributed by atoms with Crippen molar-refractivity contribution < 1.29 is 18.9 Å². The van der Waals surface area contributed by atoms with Gasteiger partial charge >= 0.3 is 0 Å². The van der Waals surface area contributed by atoms with Gasteiger partial charge in [-0.2, -0.15) is 0 Å². The van der Waals surface area contributed by atoms with Crippen molar-refractivity contribution in [2.45, 2.75) is 58.3 Å². The lowest BCUT2D eigenvalue weighted by molar-refractivity contribution is -0.0677. The normalized spacial score (nSPS) is 28.2. The van der Waals surface area contributed by atoms with E-state index in [4.69, 9.17) is 18.9 Å². The van der Waals surface area contributed by atoms with Gasteiger partial charge in [-0.1, -0.05) is 0 Å². The van der Waals surface area contributed by atoms with Gasteiger partial charge in [-0.25, -0.2) is 0 Å². The Morgan fingerprint density at radius 1 is 1.09 bits per heavy atom. The van der Waals surface area contributed by atoms with Gasteiger partial charge in [0.05, 0.1) is 38.1 Å². The standard InChI is InChI=1S/C18H35NO4/c1-15(2)23-14-17-4-8-22-18(13-17)12-16(3)21-11-7-19-5-9-20-10-6-19/h15-18H,4-14H2,1-3H3. The molecule has 2 aliphatic heterocycles. The van der Waals surface area contributed by atoms with Crippen LogP contribution in [0.2, 0.25) is 0 Å². The van der Waals surface area contributed by atoms with E-state index in [0.29, 0.717) is 18.1 Å². The van der Waals surface area contributed by atoms with Crippen LogP contribution in [0.4, 0.5) is 0 Å². The number of hydrogen-bond donors (Lipinski definition) is 0. The third kappa shape index (κ3) is 7.94. The minimum atomic E-state index is 0.255. The SMILES string of the molecule is CC(C)OCC1CCOC(CC(C)OCCN2CCOCC2)C1. The first-order valence-electron chi connectivity index (χ1n) is 9.28. The Labute approximate surface area is 141 Å². The molecule has 2 rings (SSSR count). The second-order valence-corrected chi connectivity index (χ2v) is 7.14. The molecule has 0 aromatic carbocycles. The smallest absolute Gasteiger partial charge is 0.0603 e. The number of nitrogens with zero attached hydrogens (tertiary/aromatic N) is 1.